The highest BCUT2D eigenvalue weighted by atomic mass is 19.4. The molecule has 224 valence electrons. The van der Waals surface area contributed by atoms with E-state index < -0.39 is 46.1 Å². The van der Waals surface area contributed by atoms with Gasteiger partial charge in [-0.25, -0.2) is 13.8 Å². The molecule has 13 heteroatoms. The Kier molecular flexibility index (Phi) is 6.03. The maximum absolute atomic E-state index is 16.5. The summed E-state index contributed by atoms with van der Waals surface area (Å²) in [6.07, 6.45) is -2.16. The number of nitrogen functional groups attached to an aromatic ring is 1. The summed E-state index contributed by atoms with van der Waals surface area (Å²) in [6.45, 7) is 5.16. The molecule has 2 atom stereocenters. The lowest BCUT2D eigenvalue weighted by atomic mass is 9.95. The second-order valence-corrected chi connectivity index (χ2v) is 12.0. The number of nitrogens with two attached hydrogens (primary N) is 1. The molecule has 2 aromatic heterocycles. The SMILES string of the molecule is CCN1c2nc(OC[C@@]34CCCN3C[C@H](F)C4)nc3c(F)c(-c4cc(N)cc(C)c4C(F)(F)F)nc(c23)OCC12CC2. The van der Waals surface area contributed by atoms with Crippen LogP contribution in [-0.4, -0.2) is 69.9 Å². The number of nitrogens with zero attached hydrogens (tertiary/aromatic N) is 5. The minimum absolute atomic E-state index is 0.0353. The quantitative estimate of drug-likeness (QED) is 0.310. The first-order valence-corrected chi connectivity index (χ1v) is 14.3. The molecule has 42 heavy (non-hydrogen) atoms. The number of hydrogen-bond acceptors (Lipinski definition) is 8. The van der Waals surface area contributed by atoms with Gasteiger partial charge < -0.3 is 20.1 Å². The number of rotatable bonds is 5. The molecule has 3 aliphatic heterocycles. The molecule has 1 spiro atoms. The monoisotopic (exact) mass is 590 g/mol. The number of aryl methyl sites for hydroxylation is 1. The molecule has 1 aliphatic carbocycles. The first-order valence-electron chi connectivity index (χ1n) is 14.3. The van der Waals surface area contributed by atoms with E-state index in [0.29, 0.717) is 25.3 Å². The Morgan fingerprint density at radius 2 is 1.95 bits per heavy atom. The van der Waals surface area contributed by atoms with Gasteiger partial charge in [-0.3, -0.25) is 4.90 Å². The normalized spacial score (nSPS) is 24.6. The van der Waals surface area contributed by atoms with Crippen LogP contribution in [0.2, 0.25) is 0 Å². The number of hydrogen-bond donors (Lipinski definition) is 1. The van der Waals surface area contributed by atoms with Crippen molar-refractivity contribution in [3.05, 3.63) is 29.1 Å². The molecule has 0 radical (unpaired) electrons. The fraction of sp³-hybridized carbons (Fsp3) is 0.552. The second-order valence-electron chi connectivity index (χ2n) is 12.0. The van der Waals surface area contributed by atoms with Crippen molar-refractivity contribution in [3.63, 3.8) is 0 Å². The molecule has 2 saturated heterocycles. The van der Waals surface area contributed by atoms with E-state index in [4.69, 9.17) is 20.2 Å². The average molecular weight is 591 g/mol. The highest BCUT2D eigenvalue weighted by molar-refractivity contribution is 5.97. The van der Waals surface area contributed by atoms with Crippen molar-refractivity contribution >= 4 is 22.4 Å². The molecule has 4 aliphatic rings. The first-order chi connectivity index (χ1) is 19.9. The number of likely N-dealkylation sites (N-methyl/N-ethyl adjacent to an activating group) is 1. The van der Waals surface area contributed by atoms with Crippen molar-refractivity contribution in [1.82, 2.24) is 19.9 Å². The molecule has 8 nitrogen and oxygen atoms in total. The van der Waals surface area contributed by atoms with E-state index >= 15 is 4.39 Å². The number of anilines is 2. The van der Waals surface area contributed by atoms with Crippen LogP contribution in [0.5, 0.6) is 11.9 Å². The number of ether oxygens (including phenoxy) is 2. The van der Waals surface area contributed by atoms with Crippen LogP contribution in [0.4, 0.5) is 33.5 Å². The maximum atomic E-state index is 16.5. The molecule has 0 bridgehead atoms. The summed E-state index contributed by atoms with van der Waals surface area (Å²) >= 11 is 0. The van der Waals surface area contributed by atoms with Gasteiger partial charge in [0.15, 0.2) is 5.82 Å². The van der Waals surface area contributed by atoms with Gasteiger partial charge in [-0.1, -0.05) is 0 Å². The number of aromatic nitrogens is 3. The van der Waals surface area contributed by atoms with Crippen LogP contribution in [0.1, 0.15) is 50.2 Å². The Hall–Kier alpha value is -3.48. The average Bonchev–Trinajstić information content (AvgIpc) is 3.52. The zero-order valence-corrected chi connectivity index (χ0v) is 23.3. The van der Waals surface area contributed by atoms with Crippen molar-refractivity contribution in [3.8, 4) is 23.1 Å². The van der Waals surface area contributed by atoms with E-state index in [2.05, 4.69) is 14.9 Å². The fourth-order valence-electron chi connectivity index (χ4n) is 7.22. The van der Waals surface area contributed by atoms with Crippen molar-refractivity contribution in [1.29, 1.82) is 0 Å². The van der Waals surface area contributed by atoms with Gasteiger partial charge in [-0.15, -0.1) is 0 Å². The second kappa shape index (κ2) is 9.26. The number of halogens is 5. The Labute approximate surface area is 239 Å². The third kappa shape index (κ3) is 4.14. The lowest BCUT2D eigenvalue weighted by Gasteiger charge is -2.32. The number of pyridine rings is 1. The van der Waals surface area contributed by atoms with Crippen molar-refractivity contribution in [2.75, 3.05) is 43.5 Å². The van der Waals surface area contributed by atoms with E-state index in [1.165, 1.54) is 13.0 Å². The topological polar surface area (TPSA) is 89.6 Å². The molecule has 3 fully saturated rings. The van der Waals surface area contributed by atoms with E-state index in [-0.39, 0.29) is 47.3 Å². The molecular weight excluding hydrogens is 559 g/mol. The molecule has 7 rings (SSSR count). The number of benzene rings is 1. The first kappa shape index (κ1) is 27.4. The van der Waals surface area contributed by atoms with Gasteiger partial charge in [0, 0.05) is 30.8 Å². The summed E-state index contributed by atoms with van der Waals surface area (Å²) in [4.78, 5) is 17.5. The molecule has 3 aromatic rings. The van der Waals surface area contributed by atoms with E-state index in [0.717, 1.165) is 38.3 Å². The zero-order chi connectivity index (χ0) is 29.6. The smallest absolute Gasteiger partial charge is 0.417 e. The van der Waals surface area contributed by atoms with E-state index in [1.54, 1.807) is 0 Å². The van der Waals surface area contributed by atoms with Gasteiger partial charge in [0.25, 0.3) is 0 Å². The largest absolute Gasteiger partial charge is 0.475 e. The van der Waals surface area contributed by atoms with Crippen LogP contribution >= 0.6 is 0 Å². The third-order valence-electron chi connectivity index (χ3n) is 9.29. The van der Waals surface area contributed by atoms with Gasteiger partial charge in [-0.05, 0) is 63.8 Å². The molecule has 0 amide bonds. The van der Waals surface area contributed by atoms with E-state index in [1.807, 2.05) is 11.8 Å². The predicted molar refractivity (Wildman–Crippen MR) is 146 cm³/mol. The zero-order valence-electron chi connectivity index (χ0n) is 23.3. The Morgan fingerprint density at radius 1 is 1.17 bits per heavy atom. The van der Waals surface area contributed by atoms with Gasteiger partial charge >= 0.3 is 12.2 Å². The molecule has 1 saturated carbocycles. The summed E-state index contributed by atoms with van der Waals surface area (Å²) in [7, 11) is 0. The Balaban J connectivity index is 1.42. The van der Waals surface area contributed by atoms with Crippen molar-refractivity contribution < 1.29 is 31.4 Å². The molecule has 5 heterocycles. The fourth-order valence-corrected chi connectivity index (χ4v) is 7.22. The number of fused-ring (bicyclic) bond motifs is 1. The standard InChI is InChI=1S/C29H31F5N6O2/c1-3-40-24-19-23(37-26(38-24)42-14-28-5-4-8-39(28)12-16(30)11-28)21(31)22(36-25(19)41-13-27(40)6-7-27)18-10-17(35)9-15(2)20(18)29(32,33)34/h9-10,16H,3-8,11-14,35H2,1-2H3/t16-,28+/m1/s1. The number of alkyl halides is 4. The third-order valence-corrected chi connectivity index (χ3v) is 9.29. The van der Waals surface area contributed by atoms with E-state index in [9.17, 15) is 17.6 Å². The van der Waals surface area contributed by atoms with Gasteiger partial charge in [0.05, 0.1) is 16.6 Å². The van der Waals surface area contributed by atoms with Crippen molar-refractivity contribution in [2.45, 2.75) is 69.4 Å². The molecule has 1 aromatic carbocycles. The lowest BCUT2D eigenvalue weighted by Crippen LogP contribution is -2.43. The van der Waals surface area contributed by atoms with Crippen LogP contribution in [-0.2, 0) is 6.18 Å². The molecule has 0 unspecified atom stereocenters. The van der Waals surface area contributed by atoms with Crippen LogP contribution in [0.15, 0.2) is 12.1 Å². The summed E-state index contributed by atoms with van der Waals surface area (Å²) < 4.78 is 85.8. The minimum Gasteiger partial charge on any atom is -0.475 e. The highest BCUT2D eigenvalue weighted by Crippen LogP contribution is 2.51. The Morgan fingerprint density at radius 3 is 2.67 bits per heavy atom. The summed E-state index contributed by atoms with van der Waals surface area (Å²) in [6, 6.07) is 2.13. The summed E-state index contributed by atoms with van der Waals surface area (Å²) in [5, 5.41) is 0.175. The van der Waals surface area contributed by atoms with Gasteiger partial charge in [0.1, 0.15) is 41.8 Å². The Bertz CT molecular complexity index is 1600. The highest BCUT2D eigenvalue weighted by Gasteiger charge is 2.52. The molecular formula is C29H31F5N6O2. The summed E-state index contributed by atoms with van der Waals surface area (Å²) in [5.74, 6) is -0.750. The van der Waals surface area contributed by atoms with Crippen LogP contribution in [0.3, 0.4) is 0 Å². The maximum Gasteiger partial charge on any atom is 0.417 e. The molecule has 2 N–H and O–H groups in total. The van der Waals surface area contributed by atoms with Crippen LogP contribution < -0.4 is 20.1 Å². The summed E-state index contributed by atoms with van der Waals surface area (Å²) in [5.41, 5.74) is 2.55. The van der Waals surface area contributed by atoms with Crippen LogP contribution in [0.25, 0.3) is 22.2 Å². The lowest BCUT2D eigenvalue weighted by molar-refractivity contribution is -0.137. The minimum atomic E-state index is -4.80. The van der Waals surface area contributed by atoms with Crippen LogP contribution in [0, 0.1) is 12.7 Å². The van der Waals surface area contributed by atoms with Crippen molar-refractivity contribution in [2.24, 2.45) is 0 Å². The van der Waals surface area contributed by atoms with Gasteiger partial charge in [-0.2, -0.15) is 23.1 Å². The predicted octanol–water partition coefficient (Wildman–Crippen LogP) is 5.45. The van der Waals surface area contributed by atoms with Gasteiger partial charge in [0.2, 0.25) is 5.88 Å².